The second-order valence-corrected chi connectivity index (χ2v) is 7.83. The zero-order chi connectivity index (χ0) is 21.1. The largest absolute Gasteiger partial charge is 0.481 e. The number of carboxylic acids is 1. The Kier molecular flexibility index (Phi) is 6.65. The summed E-state index contributed by atoms with van der Waals surface area (Å²) in [5.41, 5.74) is 1.30. The van der Waals surface area contributed by atoms with Crippen molar-refractivity contribution in [2.75, 3.05) is 5.32 Å². The van der Waals surface area contributed by atoms with Gasteiger partial charge >= 0.3 is 18.0 Å². The summed E-state index contributed by atoms with van der Waals surface area (Å²) in [6, 6.07) is 5.17. The molecular weight excluding hydrogens is 432 g/mol. The van der Waals surface area contributed by atoms with Gasteiger partial charge in [-0.25, -0.2) is 15.0 Å². The maximum Gasteiger partial charge on any atom is 0.344 e. The Hall–Kier alpha value is -2.62. The highest BCUT2D eigenvalue weighted by Gasteiger charge is 2.55. The molecule has 0 saturated carbocycles. The maximum atomic E-state index is 13.0. The van der Waals surface area contributed by atoms with Crippen molar-refractivity contribution in [3.05, 3.63) is 28.7 Å². The fourth-order valence-electron chi connectivity index (χ4n) is 3.05. The van der Waals surface area contributed by atoms with Crippen LogP contribution >= 0.6 is 15.9 Å². The predicted molar refractivity (Wildman–Crippen MR) is 105 cm³/mol. The first-order valence-corrected chi connectivity index (χ1v) is 9.62. The van der Waals surface area contributed by atoms with Crippen molar-refractivity contribution in [3.8, 4) is 0 Å². The molecule has 1 aromatic rings. The van der Waals surface area contributed by atoms with E-state index in [0.29, 0.717) is 17.1 Å². The van der Waals surface area contributed by atoms with Crippen LogP contribution in [0.1, 0.15) is 33.6 Å². The van der Waals surface area contributed by atoms with Crippen LogP contribution in [0.5, 0.6) is 0 Å². The third kappa shape index (κ3) is 4.44. The number of hydrogen-bond acceptors (Lipinski definition) is 4. The zero-order valence-electron chi connectivity index (χ0n) is 15.8. The Labute approximate surface area is 170 Å². The lowest BCUT2D eigenvalue weighted by Gasteiger charge is -2.32. The Morgan fingerprint density at radius 3 is 2.36 bits per heavy atom. The Bertz CT molecular complexity index is 783. The van der Waals surface area contributed by atoms with E-state index >= 15 is 0 Å². The van der Waals surface area contributed by atoms with Gasteiger partial charge in [-0.3, -0.25) is 9.59 Å². The highest BCUT2D eigenvalue weighted by molar-refractivity contribution is 9.10. The van der Waals surface area contributed by atoms with E-state index in [1.54, 1.807) is 45.0 Å². The lowest BCUT2D eigenvalue weighted by atomic mass is 9.78. The molecule has 4 N–H and O–H groups in total. The molecule has 0 spiro atoms. The van der Waals surface area contributed by atoms with Crippen molar-refractivity contribution < 1.29 is 24.3 Å². The number of aliphatic carboxylic acids is 1. The molecule has 5 amide bonds. The minimum absolute atomic E-state index is 0.0619. The molecule has 2 unspecified atom stereocenters. The summed E-state index contributed by atoms with van der Waals surface area (Å²) in [6.45, 7) is 5.14. The van der Waals surface area contributed by atoms with E-state index in [1.165, 1.54) is 0 Å². The molecule has 2 rings (SSSR count). The van der Waals surface area contributed by atoms with Crippen molar-refractivity contribution in [3.63, 3.8) is 0 Å². The SMILES string of the molecule is CCC(CC1(C(C)C)NC(=O)N(NC(=O)Nc2ccc(Br)cc2)C1=O)C(=O)O. The quantitative estimate of drug-likeness (QED) is 0.470. The monoisotopic (exact) mass is 454 g/mol. The number of amides is 5. The van der Waals surface area contributed by atoms with Crippen LogP contribution in [0, 0.1) is 11.8 Å². The fourth-order valence-corrected chi connectivity index (χ4v) is 3.31. The summed E-state index contributed by atoms with van der Waals surface area (Å²) >= 11 is 3.28. The Balaban J connectivity index is 2.16. The van der Waals surface area contributed by atoms with E-state index in [0.717, 1.165) is 4.47 Å². The predicted octanol–water partition coefficient (Wildman–Crippen LogP) is 2.93. The maximum absolute atomic E-state index is 13.0. The minimum Gasteiger partial charge on any atom is -0.481 e. The third-order valence-corrected chi connectivity index (χ3v) is 5.36. The Morgan fingerprint density at radius 1 is 1.25 bits per heavy atom. The van der Waals surface area contributed by atoms with E-state index in [9.17, 15) is 24.3 Å². The molecule has 28 heavy (non-hydrogen) atoms. The van der Waals surface area contributed by atoms with Gasteiger partial charge in [-0.05, 0) is 43.0 Å². The average molecular weight is 455 g/mol. The first-order valence-electron chi connectivity index (χ1n) is 8.83. The molecule has 0 radical (unpaired) electrons. The van der Waals surface area contributed by atoms with Crippen LogP contribution in [0.4, 0.5) is 15.3 Å². The number of hydrogen-bond donors (Lipinski definition) is 4. The van der Waals surface area contributed by atoms with Gasteiger partial charge in [0, 0.05) is 10.2 Å². The van der Waals surface area contributed by atoms with Crippen LogP contribution in [-0.4, -0.2) is 39.6 Å². The van der Waals surface area contributed by atoms with E-state index in [1.807, 2.05) is 0 Å². The van der Waals surface area contributed by atoms with Crippen LogP contribution in [0.25, 0.3) is 0 Å². The number of urea groups is 2. The van der Waals surface area contributed by atoms with Gasteiger partial charge in [0.1, 0.15) is 5.54 Å². The molecule has 1 aromatic carbocycles. The van der Waals surface area contributed by atoms with Crippen LogP contribution in [0.15, 0.2) is 28.7 Å². The molecular formula is C18H23BrN4O5. The van der Waals surface area contributed by atoms with E-state index in [4.69, 9.17) is 0 Å². The highest BCUT2D eigenvalue weighted by Crippen LogP contribution is 2.33. The summed E-state index contributed by atoms with van der Waals surface area (Å²) in [6.07, 6.45) is 0.248. The number of carbonyl (C=O) groups excluding carboxylic acids is 3. The van der Waals surface area contributed by atoms with Gasteiger partial charge < -0.3 is 15.7 Å². The number of anilines is 1. The molecule has 2 atom stereocenters. The lowest BCUT2D eigenvalue weighted by molar-refractivity contribution is -0.144. The molecule has 0 aliphatic carbocycles. The van der Waals surface area contributed by atoms with Crippen molar-refractivity contribution >= 4 is 45.6 Å². The molecule has 1 aliphatic heterocycles. The molecule has 10 heteroatoms. The van der Waals surface area contributed by atoms with Crippen LogP contribution in [0.3, 0.4) is 0 Å². The number of nitrogens with one attached hydrogen (secondary N) is 3. The highest BCUT2D eigenvalue weighted by atomic mass is 79.9. The number of imide groups is 1. The van der Waals surface area contributed by atoms with Crippen LogP contribution in [0.2, 0.25) is 0 Å². The van der Waals surface area contributed by atoms with E-state index < -0.39 is 35.4 Å². The number of hydrazine groups is 1. The number of halogens is 1. The standard InChI is InChI=1S/C18H23BrN4O5/c1-4-11(14(24)25)9-18(10(2)3)15(26)23(17(28)21-18)22-16(27)20-13-7-5-12(19)6-8-13/h5-8,10-11H,4,9H2,1-3H3,(H,21,28)(H,24,25)(H2,20,22,27). The van der Waals surface area contributed by atoms with E-state index in [-0.39, 0.29) is 12.3 Å². The van der Waals surface area contributed by atoms with Gasteiger partial charge in [0.15, 0.2) is 0 Å². The molecule has 1 aliphatic rings. The molecule has 1 heterocycles. The van der Waals surface area contributed by atoms with Gasteiger partial charge in [-0.1, -0.05) is 36.7 Å². The molecule has 1 saturated heterocycles. The van der Waals surface area contributed by atoms with Gasteiger partial charge in [-0.2, -0.15) is 5.01 Å². The normalized spacial score (nSPS) is 20.1. The number of rotatable bonds is 7. The lowest BCUT2D eigenvalue weighted by Crippen LogP contribution is -2.55. The number of benzene rings is 1. The number of carbonyl (C=O) groups is 4. The van der Waals surface area contributed by atoms with Gasteiger partial charge in [-0.15, -0.1) is 0 Å². The van der Waals surface area contributed by atoms with E-state index in [2.05, 4.69) is 32.0 Å². The summed E-state index contributed by atoms with van der Waals surface area (Å²) < 4.78 is 0.832. The summed E-state index contributed by atoms with van der Waals surface area (Å²) in [4.78, 5) is 49.0. The van der Waals surface area contributed by atoms with Crippen molar-refractivity contribution in [2.24, 2.45) is 11.8 Å². The van der Waals surface area contributed by atoms with Crippen LogP contribution < -0.4 is 16.1 Å². The smallest absolute Gasteiger partial charge is 0.344 e. The number of nitrogens with zero attached hydrogens (tertiary/aromatic N) is 1. The molecule has 0 bridgehead atoms. The molecule has 9 nitrogen and oxygen atoms in total. The fraction of sp³-hybridized carbons (Fsp3) is 0.444. The molecule has 152 valence electrons. The summed E-state index contributed by atoms with van der Waals surface area (Å²) in [5, 5.41) is 15.1. The van der Waals surface area contributed by atoms with Crippen molar-refractivity contribution in [1.82, 2.24) is 15.8 Å². The van der Waals surface area contributed by atoms with Crippen LogP contribution in [-0.2, 0) is 9.59 Å². The first-order chi connectivity index (χ1) is 13.1. The molecule has 1 fully saturated rings. The van der Waals surface area contributed by atoms with Crippen molar-refractivity contribution in [1.29, 1.82) is 0 Å². The minimum atomic E-state index is -1.40. The summed E-state index contributed by atoms with van der Waals surface area (Å²) in [5.74, 6) is -2.90. The zero-order valence-corrected chi connectivity index (χ0v) is 17.4. The second-order valence-electron chi connectivity index (χ2n) is 6.92. The second kappa shape index (κ2) is 8.59. The third-order valence-electron chi connectivity index (χ3n) is 4.83. The van der Waals surface area contributed by atoms with Gasteiger partial charge in [0.2, 0.25) is 0 Å². The van der Waals surface area contributed by atoms with Crippen molar-refractivity contribution in [2.45, 2.75) is 39.2 Å². The Morgan fingerprint density at radius 2 is 1.86 bits per heavy atom. The topological polar surface area (TPSA) is 128 Å². The van der Waals surface area contributed by atoms with Gasteiger partial charge in [0.25, 0.3) is 5.91 Å². The summed E-state index contributed by atoms with van der Waals surface area (Å²) in [7, 11) is 0. The number of carboxylic acid groups (broad SMARTS) is 1. The first kappa shape index (κ1) is 21.7. The average Bonchev–Trinajstić information content (AvgIpc) is 2.86. The van der Waals surface area contributed by atoms with Gasteiger partial charge in [0.05, 0.1) is 5.92 Å². The molecule has 0 aromatic heterocycles.